The van der Waals surface area contributed by atoms with Crippen LogP contribution in [0.2, 0.25) is 0 Å². The van der Waals surface area contributed by atoms with Gasteiger partial charge >= 0.3 is 0 Å². The Labute approximate surface area is 189 Å². The fourth-order valence-electron chi connectivity index (χ4n) is 3.98. The van der Waals surface area contributed by atoms with Gasteiger partial charge in [-0.3, -0.25) is 4.79 Å². The fraction of sp³-hybridized carbons (Fsp3) is 0.400. The highest BCUT2D eigenvalue weighted by Crippen LogP contribution is 2.38. The van der Waals surface area contributed by atoms with E-state index in [4.69, 9.17) is 19.9 Å². The molecule has 0 aliphatic heterocycles. The number of hydrogen-bond donors (Lipinski definition) is 2. The third-order valence-electron chi connectivity index (χ3n) is 5.61. The maximum Gasteiger partial charge on any atom is 0.224 e. The topological polar surface area (TPSA) is 89.8 Å². The minimum atomic E-state index is 0.0494. The van der Waals surface area contributed by atoms with Gasteiger partial charge in [0, 0.05) is 43.2 Å². The Morgan fingerprint density at radius 1 is 1.03 bits per heavy atom. The maximum absolute atomic E-state index is 12.7. The molecule has 0 unspecified atom stereocenters. The number of benzene rings is 2. The van der Waals surface area contributed by atoms with Crippen LogP contribution in [0, 0.1) is 0 Å². The van der Waals surface area contributed by atoms with E-state index in [2.05, 4.69) is 29.4 Å². The van der Waals surface area contributed by atoms with Crippen molar-refractivity contribution in [1.82, 2.24) is 9.88 Å². The number of methoxy groups -OCH3 is 3. The summed E-state index contributed by atoms with van der Waals surface area (Å²) in [5.74, 6) is 1.74. The number of rotatable bonds is 12. The van der Waals surface area contributed by atoms with Crippen LogP contribution in [0.5, 0.6) is 17.2 Å². The summed E-state index contributed by atoms with van der Waals surface area (Å²) in [4.78, 5) is 17.9. The van der Waals surface area contributed by atoms with Crippen molar-refractivity contribution in [2.45, 2.75) is 32.2 Å². The summed E-state index contributed by atoms with van der Waals surface area (Å²) < 4.78 is 16.3. The zero-order valence-corrected chi connectivity index (χ0v) is 19.1. The SMILES string of the molecule is COc1cc(CN(CCCCc2c[nH]c3ccccc23)C(=O)CCN)cc(OC)c1OC. The number of aromatic amines is 1. The lowest BCUT2D eigenvalue weighted by Crippen LogP contribution is -2.33. The summed E-state index contributed by atoms with van der Waals surface area (Å²) in [6.07, 6.45) is 5.27. The smallest absolute Gasteiger partial charge is 0.224 e. The number of para-hydroxylation sites is 1. The summed E-state index contributed by atoms with van der Waals surface area (Å²) in [5, 5.41) is 1.26. The molecule has 7 nitrogen and oxygen atoms in total. The van der Waals surface area contributed by atoms with Gasteiger partial charge in [-0.25, -0.2) is 0 Å². The first-order valence-corrected chi connectivity index (χ1v) is 10.9. The van der Waals surface area contributed by atoms with Gasteiger partial charge in [-0.2, -0.15) is 0 Å². The van der Waals surface area contributed by atoms with E-state index in [0.717, 1.165) is 30.3 Å². The van der Waals surface area contributed by atoms with Crippen LogP contribution in [0.15, 0.2) is 42.6 Å². The van der Waals surface area contributed by atoms with Crippen molar-refractivity contribution in [3.05, 3.63) is 53.7 Å². The molecule has 3 aromatic rings. The van der Waals surface area contributed by atoms with Gasteiger partial charge in [0.15, 0.2) is 11.5 Å². The van der Waals surface area contributed by atoms with Gasteiger partial charge in [0.25, 0.3) is 0 Å². The van der Waals surface area contributed by atoms with E-state index >= 15 is 0 Å². The van der Waals surface area contributed by atoms with E-state index in [0.29, 0.717) is 43.3 Å². The number of amides is 1. The molecule has 0 saturated carbocycles. The monoisotopic (exact) mass is 439 g/mol. The van der Waals surface area contributed by atoms with Gasteiger partial charge in [0.1, 0.15) is 0 Å². The van der Waals surface area contributed by atoms with Crippen LogP contribution in [-0.4, -0.2) is 50.2 Å². The highest BCUT2D eigenvalue weighted by atomic mass is 16.5. The molecule has 1 aromatic heterocycles. The number of fused-ring (bicyclic) bond motifs is 1. The number of nitrogens with two attached hydrogens (primary N) is 1. The molecular formula is C25H33N3O4. The molecule has 0 bridgehead atoms. The van der Waals surface area contributed by atoms with E-state index in [1.807, 2.05) is 23.1 Å². The van der Waals surface area contributed by atoms with Gasteiger partial charge in [0.05, 0.1) is 21.3 Å². The van der Waals surface area contributed by atoms with Crippen molar-refractivity contribution in [2.24, 2.45) is 5.73 Å². The molecule has 0 spiro atoms. The average molecular weight is 440 g/mol. The number of nitrogens with zero attached hydrogens (tertiary/aromatic N) is 1. The van der Waals surface area contributed by atoms with Crippen molar-refractivity contribution in [1.29, 1.82) is 0 Å². The van der Waals surface area contributed by atoms with E-state index < -0.39 is 0 Å². The fourth-order valence-corrected chi connectivity index (χ4v) is 3.98. The molecule has 0 saturated heterocycles. The predicted octanol–water partition coefficient (Wildman–Crippen LogP) is 3.89. The predicted molar refractivity (Wildman–Crippen MR) is 126 cm³/mol. The van der Waals surface area contributed by atoms with E-state index in [1.165, 1.54) is 10.9 Å². The first kappa shape index (κ1) is 23.5. The van der Waals surface area contributed by atoms with Crippen molar-refractivity contribution in [3.8, 4) is 17.2 Å². The Morgan fingerprint density at radius 2 is 1.75 bits per heavy atom. The van der Waals surface area contributed by atoms with Crippen LogP contribution in [0.3, 0.4) is 0 Å². The van der Waals surface area contributed by atoms with Gasteiger partial charge in [0.2, 0.25) is 11.7 Å². The summed E-state index contributed by atoms with van der Waals surface area (Å²) in [5.41, 5.74) is 9.04. The Hall–Kier alpha value is -3.19. The normalized spacial score (nSPS) is 10.9. The average Bonchev–Trinajstić information content (AvgIpc) is 3.23. The lowest BCUT2D eigenvalue weighted by Gasteiger charge is -2.24. The Morgan fingerprint density at radius 3 is 2.41 bits per heavy atom. The number of nitrogens with one attached hydrogen (secondary N) is 1. The molecule has 3 N–H and O–H groups in total. The number of carbonyl (C=O) groups is 1. The summed E-state index contributed by atoms with van der Waals surface area (Å²) in [6, 6.07) is 12.1. The van der Waals surface area contributed by atoms with Crippen molar-refractivity contribution in [3.63, 3.8) is 0 Å². The summed E-state index contributed by atoms with van der Waals surface area (Å²) in [7, 11) is 4.75. The maximum atomic E-state index is 12.7. The van der Waals surface area contributed by atoms with Crippen LogP contribution >= 0.6 is 0 Å². The molecular weight excluding hydrogens is 406 g/mol. The van der Waals surface area contributed by atoms with E-state index in [-0.39, 0.29) is 5.91 Å². The third kappa shape index (κ3) is 5.53. The van der Waals surface area contributed by atoms with Crippen LogP contribution < -0.4 is 19.9 Å². The van der Waals surface area contributed by atoms with Gasteiger partial charge in [-0.15, -0.1) is 0 Å². The zero-order valence-electron chi connectivity index (χ0n) is 19.1. The Kier molecular flexibility index (Phi) is 8.39. The Balaban J connectivity index is 1.67. The van der Waals surface area contributed by atoms with Gasteiger partial charge < -0.3 is 29.8 Å². The number of H-pyrrole nitrogens is 1. The third-order valence-corrected chi connectivity index (χ3v) is 5.61. The number of aromatic nitrogens is 1. The standard InChI is InChI=1S/C25H33N3O4/c1-30-22-14-18(15-23(31-2)25(22)32-3)17-28(24(29)11-12-26)13-7-6-8-19-16-27-21-10-5-4-9-20(19)21/h4-5,9-10,14-16,27H,6-8,11-13,17,26H2,1-3H3. The van der Waals surface area contributed by atoms with Crippen LogP contribution in [0.25, 0.3) is 10.9 Å². The van der Waals surface area contributed by atoms with E-state index in [9.17, 15) is 4.79 Å². The second-order valence-electron chi connectivity index (χ2n) is 7.70. The summed E-state index contributed by atoms with van der Waals surface area (Å²) >= 11 is 0. The molecule has 32 heavy (non-hydrogen) atoms. The number of unbranched alkanes of at least 4 members (excludes halogenated alkanes) is 1. The molecule has 0 atom stereocenters. The second-order valence-corrected chi connectivity index (χ2v) is 7.70. The number of carbonyl (C=O) groups excluding carboxylic acids is 1. The lowest BCUT2D eigenvalue weighted by atomic mass is 10.1. The lowest BCUT2D eigenvalue weighted by molar-refractivity contribution is -0.131. The molecule has 0 aliphatic rings. The first-order valence-electron chi connectivity index (χ1n) is 10.9. The van der Waals surface area contributed by atoms with Crippen LogP contribution in [0.1, 0.15) is 30.4 Å². The number of hydrogen-bond acceptors (Lipinski definition) is 5. The molecule has 0 aliphatic carbocycles. The molecule has 0 radical (unpaired) electrons. The zero-order chi connectivity index (χ0) is 22.9. The van der Waals surface area contributed by atoms with Gasteiger partial charge in [-0.1, -0.05) is 18.2 Å². The molecule has 0 fully saturated rings. The minimum absolute atomic E-state index is 0.0494. The molecule has 172 valence electrons. The quantitative estimate of drug-likeness (QED) is 0.418. The number of ether oxygens (including phenoxy) is 3. The van der Waals surface area contributed by atoms with E-state index in [1.54, 1.807) is 21.3 Å². The van der Waals surface area contributed by atoms with Crippen LogP contribution in [-0.2, 0) is 17.8 Å². The largest absolute Gasteiger partial charge is 0.493 e. The van der Waals surface area contributed by atoms with Crippen molar-refractivity contribution < 1.29 is 19.0 Å². The second kappa shape index (κ2) is 11.4. The van der Waals surface area contributed by atoms with Crippen LogP contribution in [0.4, 0.5) is 0 Å². The first-order chi connectivity index (χ1) is 15.6. The Bertz CT molecular complexity index is 1010. The molecule has 7 heteroatoms. The molecule has 1 amide bonds. The highest BCUT2D eigenvalue weighted by Gasteiger charge is 2.18. The molecule has 3 rings (SSSR count). The highest BCUT2D eigenvalue weighted by molar-refractivity contribution is 5.83. The molecule has 2 aromatic carbocycles. The summed E-state index contributed by atoms with van der Waals surface area (Å²) in [6.45, 7) is 1.46. The number of aryl methyl sites for hydroxylation is 1. The van der Waals surface area contributed by atoms with Gasteiger partial charge in [-0.05, 0) is 48.6 Å². The molecule has 1 heterocycles. The minimum Gasteiger partial charge on any atom is -0.493 e. The van der Waals surface area contributed by atoms with Crippen molar-refractivity contribution in [2.75, 3.05) is 34.4 Å². The van der Waals surface area contributed by atoms with Crippen molar-refractivity contribution >= 4 is 16.8 Å².